The predicted octanol–water partition coefficient (Wildman–Crippen LogP) is 1.86. The van der Waals surface area contributed by atoms with Crippen molar-refractivity contribution in [3.63, 3.8) is 0 Å². The molecule has 0 spiro atoms. The van der Waals surface area contributed by atoms with E-state index < -0.39 is 0 Å². The number of piperidine rings is 1. The number of hydrogen-bond donors (Lipinski definition) is 1. The second kappa shape index (κ2) is 6.80. The summed E-state index contributed by atoms with van der Waals surface area (Å²) in [6.45, 7) is 7.67. The van der Waals surface area contributed by atoms with Crippen LogP contribution in [0.1, 0.15) is 31.7 Å². The molecule has 2 fully saturated rings. The Kier molecular flexibility index (Phi) is 4.79. The first kappa shape index (κ1) is 15.5. The van der Waals surface area contributed by atoms with Crippen molar-refractivity contribution in [3.05, 3.63) is 35.9 Å². The fraction of sp³-hybridized carbons (Fsp3) is 0.611. The van der Waals surface area contributed by atoms with Gasteiger partial charge in [0.25, 0.3) is 0 Å². The Morgan fingerprint density at radius 2 is 1.86 bits per heavy atom. The van der Waals surface area contributed by atoms with Crippen LogP contribution in [0.4, 0.5) is 0 Å². The molecule has 1 atom stereocenters. The average molecular weight is 301 g/mol. The number of hydrogen-bond acceptors (Lipinski definition) is 3. The number of amides is 1. The minimum absolute atomic E-state index is 0.298. The maximum Gasteiger partial charge on any atom is 0.242 e. The van der Waals surface area contributed by atoms with Crippen LogP contribution in [0.5, 0.6) is 0 Å². The Labute approximate surface area is 133 Å². The fourth-order valence-electron chi connectivity index (χ4n) is 3.54. The summed E-state index contributed by atoms with van der Waals surface area (Å²) in [5, 5.41) is 3.44. The van der Waals surface area contributed by atoms with E-state index in [1.165, 1.54) is 12.0 Å². The largest absolute Gasteiger partial charge is 0.339 e. The minimum atomic E-state index is -0.333. The topological polar surface area (TPSA) is 35.6 Å². The van der Waals surface area contributed by atoms with Gasteiger partial charge in [-0.05, 0) is 38.3 Å². The summed E-state index contributed by atoms with van der Waals surface area (Å²) in [5.41, 5.74) is 1.02. The number of rotatable bonds is 3. The zero-order chi connectivity index (χ0) is 15.4. The second-order valence-corrected chi connectivity index (χ2v) is 6.77. The lowest BCUT2D eigenvalue weighted by molar-refractivity contribution is -0.140. The maximum atomic E-state index is 12.8. The van der Waals surface area contributed by atoms with Crippen molar-refractivity contribution in [2.75, 3.05) is 32.7 Å². The van der Waals surface area contributed by atoms with Crippen LogP contribution < -0.4 is 5.32 Å². The highest BCUT2D eigenvalue weighted by Crippen LogP contribution is 2.22. The van der Waals surface area contributed by atoms with Crippen LogP contribution in [-0.4, -0.2) is 54.0 Å². The van der Waals surface area contributed by atoms with Crippen LogP contribution in [0.15, 0.2) is 30.3 Å². The molecule has 4 heteroatoms. The zero-order valence-corrected chi connectivity index (χ0v) is 13.6. The molecule has 4 nitrogen and oxygen atoms in total. The number of carbonyl (C=O) groups is 1. The molecule has 1 unspecified atom stereocenters. The van der Waals surface area contributed by atoms with Crippen LogP contribution in [0, 0.1) is 0 Å². The van der Waals surface area contributed by atoms with Crippen molar-refractivity contribution in [1.82, 2.24) is 15.1 Å². The quantitative estimate of drug-likeness (QED) is 0.926. The molecule has 0 aromatic heterocycles. The van der Waals surface area contributed by atoms with Gasteiger partial charge in [-0.2, -0.15) is 0 Å². The monoisotopic (exact) mass is 301 g/mol. The fourth-order valence-corrected chi connectivity index (χ4v) is 3.54. The third kappa shape index (κ3) is 3.50. The zero-order valence-electron chi connectivity index (χ0n) is 13.6. The first-order valence-corrected chi connectivity index (χ1v) is 8.48. The maximum absolute atomic E-state index is 12.8. The SMILES string of the molecule is CC1(C(=O)N2CCN(Cc3ccccc3)CC2)CCCCN1. The van der Waals surface area contributed by atoms with Crippen LogP contribution in [0.3, 0.4) is 0 Å². The van der Waals surface area contributed by atoms with Crippen molar-refractivity contribution in [1.29, 1.82) is 0 Å². The molecular formula is C18H27N3O. The van der Waals surface area contributed by atoms with Gasteiger partial charge < -0.3 is 10.2 Å². The van der Waals surface area contributed by atoms with E-state index in [-0.39, 0.29) is 5.54 Å². The van der Waals surface area contributed by atoms with E-state index in [2.05, 4.69) is 52.4 Å². The third-order valence-corrected chi connectivity index (χ3v) is 5.00. The highest BCUT2D eigenvalue weighted by Gasteiger charge is 2.38. The third-order valence-electron chi connectivity index (χ3n) is 5.00. The molecule has 22 heavy (non-hydrogen) atoms. The number of nitrogens with zero attached hydrogens (tertiary/aromatic N) is 2. The second-order valence-electron chi connectivity index (χ2n) is 6.77. The number of piperazine rings is 1. The summed E-state index contributed by atoms with van der Waals surface area (Å²) in [6, 6.07) is 10.6. The Morgan fingerprint density at radius 3 is 2.50 bits per heavy atom. The lowest BCUT2D eigenvalue weighted by Crippen LogP contribution is -2.61. The lowest BCUT2D eigenvalue weighted by atomic mass is 9.89. The summed E-state index contributed by atoms with van der Waals surface area (Å²) in [6.07, 6.45) is 3.31. The molecule has 2 aliphatic rings. The molecule has 1 aromatic carbocycles. The summed E-state index contributed by atoms with van der Waals surface area (Å²) in [5.74, 6) is 0.298. The van der Waals surface area contributed by atoms with Gasteiger partial charge in [0.1, 0.15) is 0 Å². The van der Waals surface area contributed by atoms with E-state index in [9.17, 15) is 4.79 Å². The van der Waals surface area contributed by atoms with Gasteiger partial charge in [0.2, 0.25) is 5.91 Å². The van der Waals surface area contributed by atoms with Gasteiger partial charge in [-0.1, -0.05) is 30.3 Å². The normalized spacial score (nSPS) is 26.9. The highest BCUT2D eigenvalue weighted by molar-refractivity contribution is 5.86. The van der Waals surface area contributed by atoms with Crippen LogP contribution >= 0.6 is 0 Å². The molecule has 0 bridgehead atoms. The molecule has 2 saturated heterocycles. The van der Waals surface area contributed by atoms with Gasteiger partial charge in [-0.15, -0.1) is 0 Å². The molecule has 3 rings (SSSR count). The van der Waals surface area contributed by atoms with Gasteiger partial charge in [-0.25, -0.2) is 0 Å². The Balaban J connectivity index is 1.52. The van der Waals surface area contributed by atoms with E-state index in [0.717, 1.165) is 52.1 Å². The van der Waals surface area contributed by atoms with Crippen molar-refractivity contribution in [2.24, 2.45) is 0 Å². The minimum Gasteiger partial charge on any atom is -0.339 e. The van der Waals surface area contributed by atoms with Crippen LogP contribution in [0.25, 0.3) is 0 Å². The Bertz CT molecular complexity index is 488. The van der Waals surface area contributed by atoms with Gasteiger partial charge in [0.05, 0.1) is 5.54 Å². The Hall–Kier alpha value is -1.39. The van der Waals surface area contributed by atoms with E-state index in [1.54, 1.807) is 0 Å². The van der Waals surface area contributed by atoms with E-state index >= 15 is 0 Å². The van der Waals surface area contributed by atoms with Crippen molar-refractivity contribution in [2.45, 2.75) is 38.3 Å². The molecule has 1 amide bonds. The van der Waals surface area contributed by atoms with Gasteiger partial charge in [0, 0.05) is 32.7 Å². The molecule has 2 aliphatic heterocycles. The van der Waals surface area contributed by atoms with E-state index in [4.69, 9.17) is 0 Å². The van der Waals surface area contributed by atoms with Gasteiger partial charge in [0.15, 0.2) is 0 Å². The van der Waals surface area contributed by atoms with Gasteiger partial charge in [-0.3, -0.25) is 9.69 Å². The molecule has 1 aromatic rings. The summed E-state index contributed by atoms with van der Waals surface area (Å²) < 4.78 is 0. The van der Waals surface area contributed by atoms with Crippen molar-refractivity contribution in [3.8, 4) is 0 Å². The smallest absolute Gasteiger partial charge is 0.242 e. The Morgan fingerprint density at radius 1 is 1.14 bits per heavy atom. The van der Waals surface area contributed by atoms with Crippen LogP contribution in [0.2, 0.25) is 0 Å². The van der Waals surface area contributed by atoms with E-state index in [1.807, 2.05) is 0 Å². The van der Waals surface area contributed by atoms with Crippen molar-refractivity contribution >= 4 is 5.91 Å². The van der Waals surface area contributed by atoms with Crippen LogP contribution in [-0.2, 0) is 11.3 Å². The molecule has 0 saturated carbocycles. The summed E-state index contributed by atoms with van der Waals surface area (Å²) in [4.78, 5) is 17.3. The average Bonchev–Trinajstić information content (AvgIpc) is 2.56. The summed E-state index contributed by atoms with van der Waals surface area (Å²) in [7, 11) is 0. The van der Waals surface area contributed by atoms with Gasteiger partial charge >= 0.3 is 0 Å². The van der Waals surface area contributed by atoms with Crippen molar-refractivity contribution < 1.29 is 4.79 Å². The first-order valence-electron chi connectivity index (χ1n) is 8.48. The molecular weight excluding hydrogens is 274 g/mol. The molecule has 2 heterocycles. The predicted molar refractivity (Wildman–Crippen MR) is 88.6 cm³/mol. The highest BCUT2D eigenvalue weighted by atomic mass is 16.2. The summed E-state index contributed by atoms with van der Waals surface area (Å²) >= 11 is 0. The number of nitrogens with one attached hydrogen (secondary N) is 1. The standard InChI is InChI=1S/C18H27N3O/c1-18(9-5-6-10-19-18)17(22)21-13-11-20(12-14-21)15-16-7-3-2-4-8-16/h2-4,7-8,19H,5-6,9-15H2,1H3. The number of carbonyl (C=O) groups excluding carboxylic acids is 1. The molecule has 0 radical (unpaired) electrons. The first-order chi connectivity index (χ1) is 10.7. The van der Waals surface area contributed by atoms with E-state index in [0.29, 0.717) is 5.91 Å². The molecule has 1 N–H and O–H groups in total. The lowest BCUT2D eigenvalue weighted by Gasteiger charge is -2.41. The molecule has 0 aliphatic carbocycles. The molecule has 120 valence electrons. The number of benzene rings is 1.